The fourth-order valence-corrected chi connectivity index (χ4v) is 3.64. The van der Waals surface area contributed by atoms with Crippen molar-refractivity contribution in [1.29, 1.82) is 0 Å². The molecule has 2 aromatic rings. The Morgan fingerprint density at radius 1 is 1.39 bits per heavy atom. The first-order chi connectivity index (χ1) is 11.1. The van der Waals surface area contributed by atoms with Gasteiger partial charge in [-0.25, -0.2) is 4.79 Å². The van der Waals surface area contributed by atoms with Crippen LogP contribution in [0.15, 0.2) is 26.7 Å². The number of amides is 1. The first-order valence-electron chi connectivity index (χ1n) is 8.02. The summed E-state index contributed by atoms with van der Waals surface area (Å²) in [5, 5.41) is 6.03. The monoisotopic (exact) mass is 335 g/mol. The molecule has 23 heavy (non-hydrogen) atoms. The quantitative estimate of drug-likeness (QED) is 0.806. The molecule has 0 unspecified atom stereocenters. The topological polar surface area (TPSA) is 68.3 Å². The Balaban J connectivity index is 1.68. The second-order valence-corrected chi connectivity index (χ2v) is 6.91. The van der Waals surface area contributed by atoms with Crippen molar-refractivity contribution in [2.45, 2.75) is 51.1 Å². The van der Waals surface area contributed by atoms with Gasteiger partial charge in [-0.1, -0.05) is 31.7 Å². The molecule has 0 bridgehead atoms. The molecule has 0 aliphatic heterocycles. The number of aromatic nitrogens is 2. The molecule has 0 aromatic carbocycles. The van der Waals surface area contributed by atoms with E-state index in [1.165, 1.54) is 24.2 Å². The molecular weight excluding hydrogens is 314 g/mol. The van der Waals surface area contributed by atoms with E-state index >= 15 is 0 Å². The summed E-state index contributed by atoms with van der Waals surface area (Å²) < 4.78 is 6.26. The second-order valence-electron chi connectivity index (χ2n) is 5.96. The first-order valence-corrected chi connectivity index (χ1v) is 8.90. The summed E-state index contributed by atoms with van der Waals surface area (Å²) in [5.41, 5.74) is 0. The van der Waals surface area contributed by atoms with E-state index in [0.29, 0.717) is 0 Å². The third-order valence-electron chi connectivity index (χ3n) is 4.39. The van der Waals surface area contributed by atoms with E-state index in [4.69, 9.17) is 4.42 Å². The lowest BCUT2D eigenvalue weighted by molar-refractivity contribution is -0.133. The highest BCUT2D eigenvalue weighted by molar-refractivity contribution is 7.13. The maximum Gasteiger partial charge on any atom is 0.437 e. The maximum absolute atomic E-state index is 12.5. The number of likely N-dealkylation sites (N-methyl/N-ethyl adjacent to an activating group) is 1. The van der Waals surface area contributed by atoms with E-state index in [1.807, 2.05) is 24.6 Å². The summed E-state index contributed by atoms with van der Waals surface area (Å²) >= 11 is 1.44. The van der Waals surface area contributed by atoms with Crippen LogP contribution in [0.1, 0.15) is 38.5 Å². The standard InChI is InChI=1S/C16H21N3O3S/c1-18(12-7-4-2-3-5-8-12)14(20)11-19-16(21)22-15(17-19)13-9-6-10-23-13/h6,9-10,12H,2-5,7-8,11H2,1H3. The number of thiophene rings is 1. The SMILES string of the molecule is CN(C(=O)Cn1nc(-c2cccs2)oc1=O)C1CCCCCC1. The van der Waals surface area contributed by atoms with Gasteiger partial charge in [0.05, 0.1) is 4.88 Å². The van der Waals surface area contributed by atoms with Crippen LogP contribution in [0, 0.1) is 0 Å². The summed E-state index contributed by atoms with van der Waals surface area (Å²) in [4.78, 5) is 26.9. The Morgan fingerprint density at radius 2 is 2.13 bits per heavy atom. The molecule has 1 fully saturated rings. The van der Waals surface area contributed by atoms with Gasteiger partial charge in [0.15, 0.2) is 0 Å². The summed E-state index contributed by atoms with van der Waals surface area (Å²) in [6, 6.07) is 3.97. The van der Waals surface area contributed by atoms with Crippen LogP contribution in [-0.2, 0) is 11.3 Å². The normalized spacial score (nSPS) is 16.2. The van der Waals surface area contributed by atoms with Crippen LogP contribution in [0.4, 0.5) is 0 Å². The molecule has 0 N–H and O–H groups in total. The van der Waals surface area contributed by atoms with Crippen molar-refractivity contribution in [3.05, 3.63) is 28.1 Å². The lowest BCUT2D eigenvalue weighted by Gasteiger charge is -2.27. The average molecular weight is 335 g/mol. The summed E-state index contributed by atoms with van der Waals surface area (Å²) in [6.07, 6.45) is 6.88. The molecule has 0 atom stereocenters. The van der Waals surface area contributed by atoms with Crippen LogP contribution >= 0.6 is 11.3 Å². The van der Waals surface area contributed by atoms with E-state index in [-0.39, 0.29) is 24.4 Å². The number of nitrogens with zero attached hydrogens (tertiary/aromatic N) is 3. The molecule has 6 nitrogen and oxygen atoms in total. The van der Waals surface area contributed by atoms with Gasteiger partial charge < -0.3 is 9.32 Å². The van der Waals surface area contributed by atoms with E-state index in [9.17, 15) is 9.59 Å². The van der Waals surface area contributed by atoms with Crippen LogP contribution in [0.3, 0.4) is 0 Å². The zero-order valence-electron chi connectivity index (χ0n) is 13.2. The van der Waals surface area contributed by atoms with E-state index in [0.717, 1.165) is 35.2 Å². The molecule has 1 amide bonds. The van der Waals surface area contributed by atoms with E-state index in [2.05, 4.69) is 5.10 Å². The smallest absolute Gasteiger partial charge is 0.387 e. The number of hydrogen-bond donors (Lipinski definition) is 0. The largest absolute Gasteiger partial charge is 0.437 e. The minimum absolute atomic E-state index is 0.0687. The van der Waals surface area contributed by atoms with Crippen LogP contribution in [0.5, 0.6) is 0 Å². The Kier molecular flexibility index (Phi) is 4.95. The molecule has 2 aromatic heterocycles. The van der Waals surface area contributed by atoms with Crippen molar-refractivity contribution in [2.75, 3.05) is 7.05 Å². The van der Waals surface area contributed by atoms with Gasteiger partial charge in [0.2, 0.25) is 5.91 Å². The minimum Gasteiger partial charge on any atom is -0.387 e. The number of hydrogen-bond acceptors (Lipinski definition) is 5. The van der Waals surface area contributed by atoms with Gasteiger partial charge in [-0.3, -0.25) is 4.79 Å². The van der Waals surface area contributed by atoms with E-state index < -0.39 is 5.76 Å². The molecule has 1 saturated carbocycles. The van der Waals surface area contributed by atoms with Gasteiger partial charge >= 0.3 is 5.76 Å². The molecular formula is C16H21N3O3S. The summed E-state index contributed by atoms with van der Waals surface area (Å²) in [7, 11) is 1.82. The maximum atomic E-state index is 12.5. The van der Waals surface area contributed by atoms with Gasteiger partial charge in [0, 0.05) is 13.1 Å². The molecule has 124 valence electrons. The van der Waals surface area contributed by atoms with Gasteiger partial charge in [-0.2, -0.15) is 4.68 Å². The van der Waals surface area contributed by atoms with Crippen LogP contribution in [0.2, 0.25) is 0 Å². The molecule has 0 radical (unpaired) electrons. The average Bonchev–Trinajstić information content (AvgIpc) is 3.10. The Bertz CT molecular complexity index is 696. The highest BCUT2D eigenvalue weighted by atomic mass is 32.1. The van der Waals surface area contributed by atoms with Gasteiger partial charge in [-0.05, 0) is 24.3 Å². The highest BCUT2D eigenvalue weighted by Gasteiger charge is 2.23. The Labute approximate surface area is 138 Å². The third kappa shape index (κ3) is 3.72. The first kappa shape index (κ1) is 16.0. The lowest BCUT2D eigenvalue weighted by Crippen LogP contribution is -2.40. The highest BCUT2D eigenvalue weighted by Crippen LogP contribution is 2.22. The second kappa shape index (κ2) is 7.12. The van der Waals surface area contributed by atoms with Crippen molar-refractivity contribution >= 4 is 17.2 Å². The van der Waals surface area contributed by atoms with Crippen molar-refractivity contribution < 1.29 is 9.21 Å². The third-order valence-corrected chi connectivity index (χ3v) is 5.25. The summed E-state index contributed by atoms with van der Waals surface area (Å²) in [5.74, 6) is -0.407. The zero-order valence-corrected chi connectivity index (χ0v) is 14.1. The Hall–Kier alpha value is -1.89. The van der Waals surface area contributed by atoms with Crippen molar-refractivity contribution in [3.63, 3.8) is 0 Å². The molecule has 7 heteroatoms. The van der Waals surface area contributed by atoms with Crippen molar-refractivity contribution in [1.82, 2.24) is 14.7 Å². The van der Waals surface area contributed by atoms with Crippen LogP contribution in [-0.4, -0.2) is 33.7 Å². The van der Waals surface area contributed by atoms with Crippen LogP contribution < -0.4 is 5.76 Å². The molecule has 1 aliphatic carbocycles. The molecule has 3 rings (SSSR count). The number of carbonyl (C=O) groups excluding carboxylic acids is 1. The zero-order chi connectivity index (χ0) is 16.2. The number of carbonyl (C=O) groups is 1. The van der Waals surface area contributed by atoms with Gasteiger partial charge in [0.25, 0.3) is 5.89 Å². The fourth-order valence-electron chi connectivity index (χ4n) is 2.99. The lowest BCUT2D eigenvalue weighted by atomic mass is 10.1. The predicted molar refractivity (Wildman–Crippen MR) is 88.3 cm³/mol. The predicted octanol–water partition coefficient (Wildman–Crippen LogP) is 2.75. The van der Waals surface area contributed by atoms with E-state index in [1.54, 1.807) is 4.90 Å². The van der Waals surface area contributed by atoms with Crippen molar-refractivity contribution in [2.24, 2.45) is 0 Å². The summed E-state index contributed by atoms with van der Waals surface area (Å²) in [6.45, 7) is -0.0687. The number of rotatable bonds is 4. The Morgan fingerprint density at radius 3 is 2.78 bits per heavy atom. The van der Waals surface area contributed by atoms with Crippen LogP contribution in [0.25, 0.3) is 10.8 Å². The van der Waals surface area contributed by atoms with Crippen molar-refractivity contribution in [3.8, 4) is 10.8 Å². The minimum atomic E-state index is -0.587. The molecule has 0 saturated heterocycles. The molecule has 1 aliphatic rings. The van der Waals surface area contributed by atoms with Gasteiger partial charge in [-0.15, -0.1) is 16.4 Å². The fraction of sp³-hybridized carbons (Fsp3) is 0.562. The van der Waals surface area contributed by atoms with Gasteiger partial charge in [0.1, 0.15) is 6.54 Å². The molecule has 0 spiro atoms. The molecule has 2 heterocycles.